The van der Waals surface area contributed by atoms with Crippen molar-refractivity contribution in [2.75, 3.05) is 6.54 Å². The molecule has 2 N–H and O–H groups in total. The normalized spacial score (nSPS) is 25.0. The minimum atomic E-state index is -0.153. The molecule has 3 rings (SSSR count). The van der Waals surface area contributed by atoms with Gasteiger partial charge in [-0.2, -0.15) is 0 Å². The summed E-state index contributed by atoms with van der Waals surface area (Å²) in [4.78, 5) is 0. The minimum absolute atomic E-state index is 0.153. The summed E-state index contributed by atoms with van der Waals surface area (Å²) in [6, 6.07) is 0.652. The van der Waals surface area contributed by atoms with Gasteiger partial charge in [-0.15, -0.1) is 0 Å². The van der Waals surface area contributed by atoms with Crippen molar-refractivity contribution in [1.29, 1.82) is 0 Å². The van der Waals surface area contributed by atoms with Crippen LogP contribution < -0.4 is 10.1 Å². The molecule has 0 spiro atoms. The summed E-state index contributed by atoms with van der Waals surface area (Å²) < 4.78 is 6.52. The van der Waals surface area contributed by atoms with Crippen molar-refractivity contribution >= 4 is 0 Å². The molecule has 0 radical (unpaired) electrons. The highest BCUT2D eigenvalue weighted by Gasteiger charge is 2.34. The summed E-state index contributed by atoms with van der Waals surface area (Å²) in [5.74, 6) is 1.45. The lowest BCUT2D eigenvalue weighted by Gasteiger charge is -2.39. The van der Waals surface area contributed by atoms with Crippen LogP contribution in [-0.4, -0.2) is 23.3 Å². The zero-order valence-corrected chi connectivity index (χ0v) is 15.8. The molecule has 1 aliphatic heterocycles. The van der Waals surface area contributed by atoms with Crippen LogP contribution >= 0.6 is 0 Å². The predicted molar refractivity (Wildman–Crippen MR) is 99.2 cm³/mol. The van der Waals surface area contributed by atoms with Gasteiger partial charge < -0.3 is 15.2 Å². The van der Waals surface area contributed by atoms with E-state index in [9.17, 15) is 5.11 Å². The second-order valence-corrected chi connectivity index (χ2v) is 8.15. The van der Waals surface area contributed by atoms with Crippen LogP contribution in [-0.2, 0) is 6.42 Å². The van der Waals surface area contributed by atoms with Crippen molar-refractivity contribution in [3.8, 4) is 11.5 Å². The van der Waals surface area contributed by atoms with E-state index in [0.29, 0.717) is 11.8 Å². The third-order valence-corrected chi connectivity index (χ3v) is 6.21. The van der Waals surface area contributed by atoms with Gasteiger partial charge in [-0.05, 0) is 70.1 Å². The van der Waals surface area contributed by atoms with Crippen LogP contribution in [0.15, 0.2) is 0 Å². The van der Waals surface area contributed by atoms with Gasteiger partial charge in [0.05, 0.1) is 0 Å². The van der Waals surface area contributed by atoms with Gasteiger partial charge in [0.2, 0.25) is 0 Å². The first kappa shape index (κ1) is 17.6. The second kappa shape index (κ2) is 6.95. The summed E-state index contributed by atoms with van der Waals surface area (Å²) in [6.07, 6.45) is 10.1. The number of fused-ring (bicyclic) bond motifs is 1. The molecule has 1 aromatic rings. The van der Waals surface area contributed by atoms with E-state index in [1.54, 1.807) is 0 Å². The van der Waals surface area contributed by atoms with Crippen LogP contribution in [0.4, 0.5) is 0 Å². The maximum absolute atomic E-state index is 10.3. The number of rotatable bonds is 3. The summed E-state index contributed by atoms with van der Waals surface area (Å²) in [6.45, 7) is 9.21. The fourth-order valence-electron chi connectivity index (χ4n) is 4.26. The summed E-state index contributed by atoms with van der Waals surface area (Å²) in [5, 5.41) is 14.1. The van der Waals surface area contributed by atoms with E-state index in [2.05, 4.69) is 19.2 Å². The number of hydrogen-bond donors (Lipinski definition) is 2. The number of hydrogen-bond acceptors (Lipinski definition) is 3. The molecular formula is C21H33NO2. The molecule has 0 amide bonds. The second-order valence-electron chi connectivity index (χ2n) is 8.15. The Labute approximate surface area is 146 Å². The molecule has 0 bridgehead atoms. The Morgan fingerprint density at radius 1 is 1.04 bits per heavy atom. The number of ether oxygens (including phenoxy) is 1. The Kier molecular flexibility index (Phi) is 5.10. The molecule has 1 unspecified atom stereocenters. The molecule has 2 aliphatic rings. The maximum atomic E-state index is 10.3. The van der Waals surface area contributed by atoms with Crippen LogP contribution in [0.1, 0.15) is 74.1 Å². The number of benzene rings is 1. The molecule has 1 aromatic carbocycles. The van der Waals surface area contributed by atoms with Gasteiger partial charge >= 0.3 is 0 Å². The Morgan fingerprint density at radius 3 is 2.38 bits per heavy atom. The summed E-state index contributed by atoms with van der Waals surface area (Å²) >= 11 is 0. The molecule has 134 valence electrons. The predicted octanol–water partition coefficient (Wildman–Crippen LogP) is 4.71. The molecule has 0 saturated heterocycles. The van der Waals surface area contributed by atoms with Gasteiger partial charge in [0.15, 0.2) is 0 Å². The average molecular weight is 332 g/mol. The molecule has 1 aliphatic carbocycles. The van der Waals surface area contributed by atoms with Gasteiger partial charge in [-0.3, -0.25) is 0 Å². The van der Waals surface area contributed by atoms with E-state index in [0.717, 1.165) is 41.8 Å². The highest BCUT2D eigenvalue weighted by molar-refractivity contribution is 5.58. The first-order valence-corrected chi connectivity index (χ1v) is 9.65. The molecule has 3 heteroatoms. The van der Waals surface area contributed by atoms with E-state index < -0.39 is 0 Å². The van der Waals surface area contributed by atoms with Gasteiger partial charge in [-0.1, -0.05) is 25.7 Å². The Hall–Kier alpha value is -1.22. The van der Waals surface area contributed by atoms with Crippen LogP contribution in [0.3, 0.4) is 0 Å². The van der Waals surface area contributed by atoms with E-state index in [-0.39, 0.29) is 5.60 Å². The standard InChI is InChI=1S/C21H33NO2/c1-14-15(2)20-18(16(3)19(14)23)11-12-21(4,24-20)13-22-17-9-7-5-6-8-10-17/h17,22-23H,5-13H2,1-4H3. The van der Waals surface area contributed by atoms with Crippen LogP contribution in [0, 0.1) is 20.8 Å². The number of nitrogens with one attached hydrogen (secondary N) is 1. The van der Waals surface area contributed by atoms with Crippen molar-refractivity contribution in [3.63, 3.8) is 0 Å². The third-order valence-electron chi connectivity index (χ3n) is 6.21. The Bertz CT molecular complexity index is 603. The molecule has 1 saturated carbocycles. The average Bonchev–Trinajstić information content (AvgIpc) is 2.85. The van der Waals surface area contributed by atoms with Crippen molar-refractivity contribution < 1.29 is 9.84 Å². The molecule has 1 fully saturated rings. The topological polar surface area (TPSA) is 41.5 Å². The molecule has 3 nitrogen and oxygen atoms in total. The minimum Gasteiger partial charge on any atom is -0.507 e. The molecule has 24 heavy (non-hydrogen) atoms. The van der Waals surface area contributed by atoms with Crippen molar-refractivity contribution in [1.82, 2.24) is 5.32 Å². The lowest BCUT2D eigenvalue weighted by molar-refractivity contribution is 0.0597. The quantitative estimate of drug-likeness (QED) is 0.788. The SMILES string of the molecule is Cc1c(C)c2c(c(C)c1O)CCC(C)(CNC1CCCCCC1)O2. The third kappa shape index (κ3) is 3.42. The molecular weight excluding hydrogens is 298 g/mol. The van der Waals surface area contributed by atoms with E-state index in [4.69, 9.17) is 4.74 Å². The van der Waals surface area contributed by atoms with Crippen LogP contribution in [0.25, 0.3) is 0 Å². The van der Waals surface area contributed by atoms with Gasteiger partial charge in [0.1, 0.15) is 17.1 Å². The molecule has 1 atom stereocenters. The largest absolute Gasteiger partial charge is 0.507 e. The zero-order valence-electron chi connectivity index (χ0n) is 15.8. The monoisotopic (exact) mass is 331 g/mol. The van der Waals surface area contributed by atoms with E-state index in [1.165, 1.54) is 44.1 Å². The fourth-order valence-corrected chi connectivity index (χ4v) is 4.26. The highest BCUT2D eigenvalue weighted by atomic mass is 16.5. The summed E-state index contributed by atoms with van der Waals surface area (Å²) in [7, 11) is 0. The Balaban J connectivity index is 1.73. The molecule has 0 aromatic heterocycles. The maximum Gasteiger partial charge on any atom is 0.127 e. The first-order chi connectivity index (χ1) is 11.4. The first-order valence-electron chi connectivity index (χ1n) is 9.65. The lowest BCUT2D eigenvalue weighted by atomic mass is 9.87. The number of phenols is 1. The van der Waals surface area contributed by atoms with Gasteiger partial charge in [0.25, 0.3) is 0 Å². The van der Waals surface area contributed by atoms with Crippen LogP contribution in [0.5, 0.6) is 11.5 Å². The van der Waals surface area contributed by atoms with Crippen molar-refractivity contribution in [3.05, 3.63) is 22.3 Å². The van der Waals surface area contributed by atoms with Crippen LogP contribution in [0.2, 0.25) is 0 Å². The van der Waals surface area contributed by atoms with Gasteiger partial charge in [0, 0.05) is 18.2 Å². The summed E-state index contributed by atoms with van der Waals surface area (Å²) in [5.41, 5.74) is 4.08. The lowest BCUT2D eigenvalue weighted by Crippen LogP contribution is -2.48. The van der Waals surface area contributed by atoms with Crippen molar-refractivity contribution in [2.45, 2.75) is 90.7 Å². The van der Waals surface area contributed by atoms with E-state index in [1.807, 2.05) is 13.8 Å². The molecule has 1 heterocycles. The number of phenolic OH excluding ortho intramolecular Hbond substituents is 1. The van der Waals surface area contributed by atoms with Crippen molar-refractivity contribution in [2.24, 2.45) is 0 Å². The highest BCUT2D eigenvalue weighted by Crippen LogP contribution is 2.43. The fraction of sp³-hybridized carbons (Fsp3) is 0.714. The van der Waals surface area contributed by atoms with E-state index >= 15 is 0 Å². The number of aromatic hydroxyl groups is 1. The Morgan fingerprint density at radius 2 is 1.71 bits per heavy atom. The smallest absolute Gasteiger partial charge is 0.127 e. The zero-order chi connectivity index (χ0) is 17.3. The van der Waals surface area contributed by atoms with Gasteiger partial charge in [-0.25, -0.2) is 0 Å².